The van der Waals surface area contributed by atoms with E-state index in [1.54, 1.807) is 0 Å². The van der Waals surface area contributed by atoms with E-state index in [-0.39, 0.29) is 0 Å². The van der Waals surface area contributed by atoms with Gasteiger partial charge < -0.3 is 5.11 Å². The smallest absolute Gasteiger partial charge is 0.186 e. The Morgan fingerprint density at radius 3 is 2.92 bits per heavy atom. The largest absolute Gasteiger partial charge is 0.499 e. The van der Waals surface area contributed by atoms with Crippen LogP contribution < -0.4 is 0 Å². The number of aromatic hydroxyl groups is 1. The molecule has 68 valence electrons. The van der Waals surface area contributed by atoms with E-state index < -0.39 is 0 Å². The molecule has 0 aliphatic heterocycles. The summed E-state index contributed by atoms with van der Waals surface area (Å²) in [5, 5.41) is 11.1. The maximum absolute atomic E-state index is 9.52. The highest BCUT2D eigenvalue weighted by Crippen LogP contribution is 2.37. The Bertz CT molecular complexity index is 447. The van der Waals surface area contributed by atoms with E-state index in [0.29, 0.717) is 5.06 Å². The van der Waals surface area contributed by atoms with Gasteiger partial charge in [0.25, 0.3) is 0 Å². The molecule has 0 aliphatic rings. The van der Waals surface area contributed by atoms with Gasteiger partial charge in [0.15, 0.2) is 5.06 Å². The number of aryl methyl sites for hydroxylation is 1. The minimum absolute atomic E-state index is 0.434. The predicted octanol–water partition coefficient (Wildman–Crippen LogP) is 3.77. The van der Waals surface area contributed by atoms with E-state index in [1.165, 1.54) is 27.0 Å². The fourth-order valence-corrected chi connectivity index (χ4v) is 3.20. The summed E-state index contributed by atoms with van der Waals surface area (Å²) in [4.78, 5) is 0. The van der Waals surface area contributed by atoms with E-state index in [9.17, 15) is 5.11 Å². The Morgan fingerprint density at radius 1 is 1.46 bits per heavy atom. The SMILES string of the molecule is CCc1ccc2c(I)c(O)sc2c1. The van der Waals surface area contributed by atoms with Crippen molar-refractivity contribution in [3.63, 3.8) is 0 Å². The van der Waals surface area contributed by atoms with Crippen LogP contribution in [0, 0.1) is 3.57 Å². The highest BCUT2D eigenvalue weighted by molar-refractivity contribution is 14.1. The van der Waals surface area contributed by atoms with Crippen molar-refractivity contribution < 1.29 is 5.11 Å². The van der Waals surface area contributed by atoms with Gasteiger partial charge in [-0.1, -0.05) is 30.4 Å². The maximum atomic E-state index is 9.52. The molecule has 0 aliphatic carbocycles. The first-order chi connectivity index (χ1) is 6.22. The van der Waals surface area contributed by atoms with Crippen LogP contribution in [0.3, 0.4) is 0 Å². The van der Waals surface area contributed by atoms with Crippen molar-refractivity contribution in [1.82, 2.24) is 0 Å². The van der Waals surface area contributed by atoms with Gasteiger partial charge in [0.1, 0.15) is 0 Å². The minimum Gasteiger partial charge on any atom is -0.499 e. The Morgan fingerprint density at radius 2 is 2.23 bits per heavy atom. The van der Waals surface area contributed by atoms with Crippen molar-refractivity contribution in [2.45, 2.75) is 13.3 Å². The summed E-state index contributed by atoms with van der Waals surface area (Å²) in [5.74, 6) is 0. The molecule has 2 rings (SSSR count). The standard InChI is InChI=1S/C10H9IOS/c1-2-6-3-4-7-8(5-6)13-10(12)9(7)11/h3-5,12H,2H2,1H3. The van der Waals surface area contributed by atoms with Gasteiger partial charge in [0.05, 0.1) is 3.57 Å². The molecule has 1 aromatic heterocycles. The molecule has 0 unspecified atom stereocenters. The number of benzene rings is 1. The molecule has 0 saturated carbocycles. The van der Waals surface area contributed by atoms with Crippen LogP contribution in [0.1, 0.15) is 12.5 Å². The van der Waals surface area contributed by atoms with Crippen molar-refractivity contribution in [3.05, 3.63) is 27.3 Å². The molecule has 0 bridgehead atoms. The molecule has 0 amide bonds. The first-order valence-electron chi connectivity index (χ1n) is 4.12. The minimum atomic E-state index is 0.434. The number of fused-ring (bicyclic) bond motifs is 1. The summed E-state index contributed by atoms with van der Waals surface area (Å²) in [5.41, 5.74) is 1.32. The molecule has 1 heterocycles. The van der Waals surface area contributed by atoms with Crippen molar-refractivity contribution >= 4 is 44.0 Å². The lowest BCUT2D eigenvalue weighted by Crippen LogP contribution is -1.77. The summed E-state index contributed by atoms with van der Waals surface area (Å²) >= 11 is 3.64. The Balaban J connectivity index is 2.73. The van der Waals surface area contributed by atoms with Crippen molar-refractivity contribution in [2.24, 2.45) is 0 Å². The summed E-state index contributed by atoms with van der Waals surface area (Å²) in [6.07, 6.45) is 1.05. The third-order valence-electron chi connectivity index (χ3n) is 2.09. The molecule has 1 aromatic carbocycles. The molecule has 0 fully saturated rings. The first-order valence-corrected chi connectivity index (χ1v) is 6.01. The molecule has 13 heavy (non-hydrogen) atoms. The average Bonchev–Trinajstić information content (AvgIpc) is 2.42. The normalized spacial score (nSPS) is 10.9. The highest BCUT2D eigenvalue weighted by Gasteiger charge is 2.07. The quantitative estimate of drug-likeness (QED) is 0.795. The van der Waals surface area contributed by atoms with Crippen LogP contribution in [-0.4, -0.2) is 5.11 Å². The van der Waals surface area contributed by atoms with Gasteiger partial charge in [-0.3, -0.25) is 0 Å². The second-order valence-corrected chi connectivity index (χ2v) is 5.01. The van der Waals surface area contributed by atoms with E-state index in [4.69, 9.17) is 0 Å². The van der Waals surface area contributed by atoms with E-state index in [1.807, 2.05) is 0 Å². The monoisotopic (exact) mass is 304 g/mol. The number of hydrogen-bond donors (Lipinski definition) is 1. The topological polar surface area (TPSA) is 20.2 Å². The van der Waals surface area contributed by atoms with Crippen LogP contribution in [0.4, 0.5) is 0 Å². The van der Waals surface area contributed by atoms with Crippen LogP contribution >= 0.6 is 33.9 Å². The molecule has 0 saturated heterocycles. The number of hydrogen-bond acceptors (Lipinski definition) is 2. The molecular weight excluding hydrogens is 295 g/mol. The van der Waals surface area contributed by atoms with E-state index >= 15 is 0 Å². The summed E-state index contributed by atoms with van der Waals surface area (Å²) in [7, 11) is 0. The molecule has 1 N–H and O–H groups in total. The van der Waals surface area contributed by atoms with E-state index in [0.717, 1.165) is 9.99 Å². The summed E-state index contributed by atoms with van der Waals surface area (Å²) < 4.78 is 2.15. The van der Waals surface area contributed by atoms with Crippen molar-refractivity contribution in [1.29, 1.82) is 0 Å². The maximum Gasteiger partial charge on any atom is 0.186 e. The zero-order valence-electron chi connectivity index (χ0n) is 7.17. The Hall–Kier alpha value is -0.290. The van der Waals surface area contributed by atoms with Gasteiger partial charge in [-0.2, -0.15) is 0 Å². The Labute approximate surface area is 94.5 Å². The van der Waals surface area contributed by atoms with Crippen LogP contribution in [0.25, 0.3) is 10.1 Å². The van der Waals surface area contributed by atoms with Gasteiger partial charge in [-0.25, -0.2) is 0 Å². The van der Waals surface area contributed by atoms with Crippen molar-refractivity contribution in [2.75, 3.05) is 0 Å². The van der Waals surface area contributed by atoms with Gasteiger partial charge in [-0.05, 0) is 40.6 Å². The predicted molar refractivity (Wildman–Crippen MR) is 65.6 cm³/mol. The summed E-state index contributed by atoms with van der Waals surface area (Å²) in [6.45, 7) is 2.14. The van der Waals surface area contributed by atoms with E-state index in [2.05, 4.69) is 47.7 Å². The zero-order chi connectivity index (χ0) is 9.42. The molecule has 1 nitrogen and oxygen atoms in total. The highest BCUT2D eigenvalue weighted by atomic mass is 127. The average molecular weight is 304 g/mol. The molecule has 0 atom stereocenters. The molecular formula is C10H9IOS. The first kappa shape index (κ1) is 9.27. The molecule has 2 aromatic rings. The second kappa shape index (κ2) is 3.46. The van der Waals surface area contributed by atoms with Gasteiger partial charge in [0, 0.05) is 10.1 Å². The van der Waals surface area contributed by atoms with Gasteiger partial charge in [-0.15, -0.1) is 0 Å². The number of thiophene rings is 1. The van der Waals surface area contributed by atoms with Gasteiger partial charge in [0.2, 0.25) is 0 Å². The van der Waals surface area contributed by atoms with Crippen LogP contribution in [-0.2, 0) is 6.42 Å². The number of rotatable bonds is 1. The molecule has 3 heteroatoms. The zero-order valence-corrected chi connectivity index (χ0v) is 10.1. The molecule has 0 radical (unpaired) electrons. The van der Waals surface area contributed by atoms with Crippen LogP contribution in [0.2, 0.25) is 0 Å². The van der Waals surface area contributed by atoms with Crippen LogP contribution in [0.5, 0.6) is 5.06 Å². The molecule has 0 spiro atoms. The lowest BCUT2D eigenvalue weighted by molar-refractivity contribution is 0.488. The van der Waals surface area contributed by atoms with Gasteiger partial charge >= 0.3 is 0 Å². The number of halogens is 1. The second-order valence-electron chi connectivity index (χ2n) is 2.91. The Kier molecular flexibility index (Phi) is 2.47. The fourth-order valence-electron chi connectivity index (χ4n) is 1.32. The lowest BCUT2D eigenvalue weighted by atomic mass is 10.1. The van der Waals surface area contributed by atoms with Crippen molar-refractivity contribution in [3.8, 4) is 5.06 Å². The summed E-state index contributed by atoms with van der Waals surface area (Å²) in [6, 6.07) is 6.37. The lowest BCUT2D eigenvalue weighted by Gasteiger charge is -1.95. The van der Waals surface area contributed by atoms with Crippen LogP contribution in [0.15, 0.2) is 18.2 Å². The third kappa shape index (κ3) is 1.55. The third-order valence-corrected chi connectivity index (χ3v) is 4.50. The fraction of sp³-hybridized carbons (Fsp3) is 0.200.